The number of hydrogen-bond acceptors (Lipinski definition) is 4. The van der Waals surface area contributed by atoms with E-state index in [2.05, 4.69) is 5.92 Å². The second-order valence-corrected chi connectivity index (χ2v) is 8.17. The molecule has 0 rings (SSSR count). The van der Waals surface area contributed by atoms with E-state index in [-0.39, 0.29) is 6.42 Å². The summed E-state index contributed by atoms with van der Waals surface area (Å²) < 4.78 is 4.98. The van der Waals surface area contributed by atoms with Crippen molar-refractivity contribution in [1.82, 2.24) is 0 Å². The van der Waals surface area contributed by atoms with Gasteiger partial charge in [-0.3, -0.25) is 10.1 Å². The van der Waals surface area contributed by atoms with Gasteiger partial charge in [-0.25, -0.2) is 4.79 Å². The first-order valence-electron chi connectivity index (χ1n) is 4.07. The minimum Gasteiger partial charge on any atom is -0.515 e. The monoisotopic (exact) mass is 215 g/mol. The normalized spacial score (nSPS) is 12.7. The van der Waals surface area contributed by atoms with Gasteiger partial charge >= 0.3 is 12.0 Å². The van der Waals surface area contributed by atoms with E-state index in [1.807, 2.05) is 0 Å². The van der Waals surface area contributed by atoms with Gasteiger partial charge in [-0.15, -0.1) is 6.42 Å². The maximum atomic E-state index is 11.3. The lowest BCUT2D eigenvalue weighted by Crippen LogP contribution is -2.38. The van der Waals surface area contributed by atoms with Crippen LogP contribution in [-0.2, 0) is 9.22 Å². The van der Waals surface area contributed by atoms with E-state index in [9.17, 15) is 14.9 Å². The van der Waals surface area contributed by atoms with Gasteiger partial charge in [0, 0.05) is 4.92 Å². The van der Waals surface area contributed by atoms with E-state index in [1.165, 1.54) is 0 Å². The summed E-state index contributed by atoms with van der Waals surface area (Å²) in [4.78, 5) is 21.0. The highest BCUT2D eigenvalue weighted by Crippen LogP contribution is 2.08. The lowest BCUT2D eigenvalue weighted by molar-refractivity contribution is -0.508. The predicted molar refractivity (Wildman–Crippen MR) is 53.7 cm³/mol. The topological polar surface area (TPSA) is 69.4 Å². The van der Waals surface area contributed by atoms with Crippen LogP contribution in [-0.4, -0.2) is 25.3 Å². The zero-order valence-corrected chi connectivity index (χ0v) is 9.44. The molecule has 0 fully saturated rings. The number of nitro groups is 1. The van der Waals surface area contributed by atoms with E-state index < -0.39 is 25.3 Å². The van der Waals surface area contributed by atoms with Crippen LogP contribution in [0.4, 0.5) is 0 Å². The number of hydrogen-bond donors (Lipinski definition) is 0. The fourth-order valence-corrected chi connectivity index (χ4v) is 1.46. The summed E-state index contributed by atoms with van der Waals surface area (Å²) in [5, 5.41) is 10.4. The zero-order chi connectivity index (χ0) is 11.4. The molecule has 0 aromatic heterocycles. The van der Waals surface area contributed by atoms with Gasteiger partial charge in [0.2, 0.25) is 8.32 Å². The number of nitrogens with zero attached hydrogens (tertiary/aromatic N) is 1. The van der Waals surface area contributed by atoms with E-state index in [0.717, 1.165) is 0 Å². The molecule has 78 valence electrons. The molecule has 0 heterocycles. The Morgan fingerprint density at radius 2 is 2.14 bits per heavy atom. The Morgan fingerprint density at radius 1 is 1.64 bits per heavy atom. The van der Waals surface area contributed by atoms with Crippen molar-refractivity contribution in [2.45, 2.75) is 32.1 Å². The molecule has 14 heavy (non-hydrogen) atoms. The van der Waals surface area contributed by atoms with Crippen molar-refractivity contribution in [3.8, 4) is 12.3 Å². The Morgan fingerprint density at radius 3 is 2.43 bits per heavy atom. The number of rotatable bonds is 4. The van der Waals surface area contributed by atoms with Gasteiger partial charge in [0.05, 0.1) is 6.42 Å². The van der Waals surface area contributed by atoms with Gasteiger partial charge in [0.1, 0.15) is 0 Å². The molecule has 6 heteroatoms. The molecule has 0 saturated carbocycles. The maximum absolute atomic E-state index is 11.3. The van der Waals surface area contributed by atoms with Crippen LogP contribution in [0, 0.1) is 22.5 Å². The van der Waals surface area contributed by atoms with Crippen molar-refractivity contribution in [1.29, 1.82) is 0 Å². The summed E-state index contributed by atoms with van der Waals surface area (Å²) in [7, 11) is -2.08. The van der Waals surface area contributed by atoms with E-state index in [4.69, 9.17) is 10.8 Å². The van der Waals surface area contributed by atoms with Crippen LogP contribution in [0.15, 0.2) is 0 Å². The average molecular weight is 215 g/mol. The summed E-state index contributed by atoms with van der Waals surface area (Å²) in [6.45, 7) is 5.33. The summed E-state index contributed by atoms with van der Waals surface area (Å²) in [6.07, 6.45) is 4.69. The van der Waals surface area contributed by atoms with Gasteiger partial charge < -0.3 is 4.43 Å². The Kier molecular flexibility index (Phi) is 4.30. The predicted octanol–water partition coefficient (Wildman–Crippen LogP) is 1.03. The molecule has 0 amide bonds. The van der Waals surface area contributed by atoms with Crippen LogP contribution in [0.1, 0.15) is 6.42 Å². The molecule has 0 bridgehead atoms. The Labute approximate surface area is 83.7 Å². The molecule has 1 unspecified atom stereocenters. The molecule has 0 spiro atoms. The van der Waals surface area contributed by atoms with Crippen LogP contribution in [0.2, 0.25) is 19.6 Å². The summed E-state index contributed by atoms with van der Waals surface area (Å²) in [6, 6.07) is -1.42. The fourth-order valence-electron chi connectivity index (χ4n) is 0.725. The second kappa shape index (κ2) is 4.76. The first-order chi connectivity index (χ1) is 6.28. The standard InChI is InChI=1S/C8H13NO4Si/c1-5-6-7(9(11)12)8(10)13-14(2,3)4/h1,7H,6H2,2-4H3. The molecule has 0 N–H and O–H groups in total. The maximum Gasteiger partial charge on any atom is 0.369 e. The van der Waals surface area contributed by atoms with Gasteiger partial charge in [-0.2, -0.15) is 0 Å². The molecular formula is C8H13NO4Si. The van der Waals surface area contributed by atoms with E-state index in [0.29, 0.717) is 0 Å². The number of terminal acetylenes is 1. The third-order valence-corrected chi connectivity index (χ3v) is 2.06. The highest BCUT2D eigenvalue weighted by atomic mass is 28.4. The first kappa shape index (κ1) is 12.6. The molecule has 0 aliphatic rings. The quantitative estimate of drug-likeness (QED) is 0.304. The molecule has 1 atom stereocenters. The van der Waals surface area contributed by atoms with Crippen molar-refractivity contribution in [3.63, 3.8) is 0 Å². The van der Waals surface area contributed by atoms with Gasteiger partial charge in [-0.05, 0) is 19.6 Å². The van der Waals surface area contributed by atoms with Crippen LogP contribution in [0.5, 0.6) is 0 Å². The lowest BCUT2D eigenvalue weighted by atomic mass is 10.2. The fraction of sp³-hybridized carbons (Fsp3) is 0.625. The van der Waals surface area contributed by atoms with E-state index in [1.54, 1.807) is 19.6 Å². The Bertz CT molecular complexity index is 276. The number of carbonyl (C=O) groups is 1. The molecule has 0 aromatic carbocycles. The highest BCUT2D eigenvalue weighted by molar-refractivity contribution is 6.71. The summed E-state index contributed by atoms with van der Waals surface area (Å²) >= 11 is 0. The average Bonchev–Trinajstić information content (AvgIpc) is 1.95. The van der Waals surface area contributed by atoms with Gasteiger partial charge in [-0.1, -0.05) is 5.92 Å². The zero-order valence-electron chi connectivity index (χ0n) is 8.44. The Balaban J connectivity index is 4.47. The van der Waals surface area contributed by atoms with Gasteiger partial charge in [0.15, 0.2) is 0 Å². The van der Waals surface area contributed by atoms with Crippen molar-refractivity contribution < 1.29 is 14.1 Å². The SMILES string of the molecule is C#CCC(C(=O)O[Si](C)(C)C)[N+](=O)[O-]. The summed E-state index contributed by atoms with van der Waals surface area (Å²) in [5.41, 5.74) is 0. The minimum absolute atomic E-state index is 0.226. The molecule has 0 saturated heterocycles. The van der Waals surface area contributed by atoms with Crippen LogP contribution < -0.4 is 0 Å². The third kappa shape index (κ3) is 4.62. The molecule has 0 aliphatic heterocycles. The van der Waals surface area contributed by atoms with E-state index >= 15 is 0 Å². The second-order valence-electron chi connectivity index (χ2n) is 3.74. The highest BCUT2D eigenvalue weighted by Gasteiger charge is 2.33. The largest absolute Gasteiger partial charge is 0.515 e. The molecule has 0 aliphatic carbocycles. The number of carbonyl (C=O) groups excluding carboxylic acids is 1. The van der Waals surface area contributed by atoms with Crippen LogP contribution >= 0.6 is 0 Å². The first-order valence-corrected chi connectivity index (χ1v) is 7.48. The Hall–Kier alpha value is -1.35. The van der Waals surface area contributed by atoms with Gasteiger partial charge in [0.25, 0.3) is 0 Å². The smallest absolute Gasteiger partial charge is 0.369 e. The van der Waals surface area contributed by atoms with Crippen molar-refractivity contribution >= 4 is 14.3 Å². The van der Waals surface area contributed by atoms with Crippen molar-refractivity contribution in [2.75, 3.05) is 0 Å². The summed E-state index contributed by atoms with van der Waals surface area (Å²) in [5.74, 6) is 1.26. The molecule has 5 nitrogen and oxygen atoms in total. The lowest BCUT2D eigenvalue weighted by Gasteiger charge is -2.17. The van der Waals surface area contributed by atoms with Crippen molar-refractivity contribution in [3.05, 3.63) is 10.1 Å². The molecule has 0 aromatic rings. The van der Waals surface area contributed by atoms with Crippen molar-refractivity contribution in [2.24, 2.45) is 0 Å². The minimum atomic E-state index is -2.08. The third-order valence-electron chi connectivity index (χ3n) is 1.24. The van der Waals surface area contributed by atoms with Crippen LogP contribution in [0.3, 0.4) is 0 Å². The van der Waals surface area contributed by atoms with Crippen LogP contribution in [0.25, 0.3) is 0 Å². The molecule has 0 radical (unpaired) electrons. The molecular weight excluding hydrogens is 202 g/mol.